The zero-order valence-electron chi connectivity index (χ0n) is 12.0. The number of benzene rings is 1. The Hall–Kier alpha value is -1.44. The molecule has 2 aromatic rings. The van der Waals surface area contributed by atoms with Gasteiger partial charge in [0.15, 0.2) is 0 Å². The molecule has 6 nitrogen and oxygen atoms in total. The number of piperidine rings is 1. The first-order chi connectivity index (χ1) is 10.1. The highest BCUT2D eigenvalue weighted by Gasteiger charge is 2.29. The summed E-state index contributed by atoms with van der Waals surface area (Å²) in [5.41, 5.74) is 2.19. The Kier molecular flexibility index (Phi) is 3.97. The Morgan fingerprint density at radius 1 is 1.48 bits per heavy atom. The lowest BCUT2D eigenvalue weighted by Crippen LogP contribution is -2.45. The number of H-pyrrole nitrogens is 1. The standard InChI is InChI=1S/C14H20N4O2S/c1-15-21(19,20)13-3-2-6-18(10-13)9-11-4-5-12-8-16-17-14(12)7-11/h4-5,7-8,13,15H,2-3,6,9-10H2,1H3,(H,16,17). The molecule has 1 aromatic heterocycles. The average Bonchev–Trinajstić information content (AvgIpc) is 2.95. The highest BCUT2D eigenvalue weighted by atomic mass is 32.2. The lowest BCUT2D eigenvalue weighted by Gasteiger charge is -2.32. The number of hydrogen-bond acceptors (Lipinski definition) is 4. The van der Waals surface area contributed by atoms with Crippen LogP contribution in [0.25, 0.3) is 10.9 Å². The summed E-state index contributed by atoms with van der Waals surface area (Å²) in [6.07, 6.45) is 3.45. The maximum atomic E-state index is 11.9. The van der Waals surface area contributed by atoms with Gasteiger partial charge in [0.1, 0.15) is 0 Å². The lowest BCUT2D eigenvalue weighted by atomic mass is 10.1. The van der Waals surface area contributed by atoms with Crippen molar-refractivity contribution in [2.24, 2.45) is 0 Å². The van der Waals surface area contributed by atoms with Crippen LogP contribution in [0.3, 0.4) is 0 Å². The van der Waals surface area contributed by atoms with Gasteiger partial charge in [-0.25, -0.2) is 13.1 Å². The molecule has 1 aliphatic heterocycles. The number of sulfonamides is 1. The number of aromatic nitrogens is 2. The third kappa shape index (κ3) is 3.09. The molecule has 114 valence electrons. The van der Waals surface area contributed by atoms with E-state index in [1.807, 2.05) is 6.07 Å². The highest BCUT2D eigenvalue weighted by molar-refractivity contribution is 7.90. The van der Waals surface area contributed by atoms with Crippen molar-refractivity contribution in [1.29, 1.82) is 0 Å². The second-order valence-corrected chi connectivity index (χ2v) is 7.71. The van der Waals surface area contributed by atoms with Crippen molar-refractivity contribution in [2.45, 2.75) is 24.6 Å². The van der Waals surface area contributed by atoms with Crippen LogP contribution in [0.2, 0.25) is 0 Å². The molecule has 0 amide bonds. The quantitative estimate of drug-likeness (QED) is 0.886. The minimum absolute atomic E-state index is 0.313. The van der Waals surface area contributed by atoms with Crippen molar-refractivity contribution in [2.75, 3.05) is 20.1 Å². The fourth-order valence-corrected chi connectivity index (χ4v) is 4.13. The average molecular weight is 308 g/mol. The molecule has 3 rings (SSSR count). The van der Waals surface area contributed by atoms with E-state index in [1.54, 1.807) is 6.20 Å². The van der Waals surface area contributed by atoms with Gasteiger partial charge in [-0.15, -0.1) is 0 Å². The van der Waals surface area contributed by atoms with Gasteiger partial charge in [-0.3, -0.25) is 10.00 Å². The third-order valence-electron chi connectivity index (χ3n) is 4.10. The second-order valence-electron chi connectivity index (χ2n) is 5.54. The van der Waals surface area contributed by atoms with Crippen LogP contribution in [-0.2, 0) is 16.6 Å². The number of hydrogen-bond donors (Lipinski definition) is 2. The molecule has 1 aliphatic rings. The summed E-state index contributed by atoms with van der Waals surface area (Å²) >= 11 is 0. The molecular formula is C14H20N4O2S. The van der Waals surface area contributed by atoms with E-state index in [9.17, 15) is 8.42 Å². The van der Waals surface area contributed by atoms with Gasteiger partial charge in [0, 0.05) is 18.5 Å². The van der Waals surface area contributed by atoms with Crippen LogP contribution in [-0.4, -0.2) is 48.9 Å². The van der Waals surface area contributed by atoms with E-state index < -0.39 is 10.0 Å². The summed E-state index contributed by atoms with van der Waals surface area (Å²) in [4.78, 5) is 2.21. The summed E-state index contributed by atoms with van der Waals surface area (Å²) in [5, 5.41) is 7.76. The molecule has 0 bridgehead atoms. The zero-order valence-corrected chi connectivity index (χ0v) is 12.9. The normalized spacial score (nSPS) is 20.9. The van der Waals surface area contributed by atoms with Crippen molar-refractivity contribution in [3.8, 4) is 0 Å². The summed E-state index contributed by atoms with van der Waals surface area (Å²) in [5.74, 6) is 0. The molecule has 1 saturated heterocycles. The summed E-state index contributed by atoms with van der Waals surface area (Å²) in [6.45, 7) is 2.30. The first-order valence-corrected chi connectivity index (χ1v) is 8.70. The molecule has 2 heterocycles. The van der Waals surface area contributed by atoms with E-state index in [0.717, 1.165) is 36.8 Å². The highest BCUT2D eigenvalue weighted by Crippen LogP contribution is 2.20. The summed E-state index contributed by atoms with van der Waals surface area (Å²) in [6, 6.07) is 6.20. The molecular weight excluding hydrogens is 288 g/mol. The predicted octanol–water partition coefficient (Wildman–Crippen LogP) is 1.08. The van der Waals surface area contributed by atoms with Crippen molar-refractivity contribution in [3.63, 3.8) is 0 Å². The van der Waals surface area contributed by atoms with Crippen LogP contribution in [0.1, 0.15) is 18.4 Å². The first kappa shape index (κ1) is 14.5. The Bertz CT molecular complexity index is 725. The number of nitrogens with zero attached hydrogens (tertiary/aromatic N) is 2. The largest absolute Gasteiger partial charge is 0.298 e. The number of nitrogens with one attached hydrogen (secondary N) is 2. The fourth-order valence-electron chi connectivity index (χ4n) is 2.92. The summed E-state index contributed by atoms with van der Waals surface area (Å²) < 4.78 is 26.3. The van der Waals surface area contributed by atoms with E-state index in [4.69, 9.17) is 0 Å². The van der Waals surface area contributed by atoms with Gasteiger partial charge in [0.25, 0.3) is 0 Å². The Balaban J connectivity index is 1.72. The lowest BCUT2D eigenvalue weighted by molar-refractivity contribution is 0.222. The van der Waals surface area contributed by atoms with Crippen LogP contribution in [0.4, 0.5) is 0 Å². The van der Waals surface area contributed by atoms with Crippen LogP contribution < -0.4 is 4.72 Å². The van der Waals surface area contributed by atoms with Crippen molar-refractivity contribution in [1.82, 2.24) is 19.8 Å². The van der Waals surface area contributed by atoms with Gasteiger partial charge in [0.2, 0.25) is 10.0 Å². The molecule has 1 atom stereocenters. The van der Waals surface area contributed by atoms with Crippen LogP contribution in [0.5, 0.6) is 0 Å². The minimum atomic E-state index is -3.18. The molecule has 1 aromatic carbocycles. The molecule has 0 saturated carbocycles. The smallest absolute Gasteiger partial charge is 0.215 e. The monoisotopic (exact) mass is 308 g/mol. The molecule has 1 fully saturated rings. The first-order valence-electron chi connectivity index (χ1n) is 7.15. The van der Waals surface area contributed by atoms with Gasteiger partial charge in [-0.05, 0) is 38.1 Å². The van der Waals surface area contributed by atoms with E-state index in [1.165, 1.54) is 12.6 Å². The maximum absolute atomic E-state index is 11.9. The van der Waals surface area contributed by atoms with Gasteiger partial charge < -0.3 is 0 Å². The molecule has 0 spiro atoms. The zero-order chi connectivity index (χ0) is 14.9. The predicted molar refractivity (Wildman–Crippen MR) is 82.4 cm³/mol. The second kappa shape index (κ2) is 5.75. The maximum Gasteiger partial charge on any atom is 0.215 e. The fraction of sp³-hybridized carbons (Fsp3) is 0.500. The van der Waals surface area contributed by atoms with Gasteiger partial charge in [-0.1, -0.05) is 12.1 Å². The number of likely N-dealkylation sites (tertiary alicyclic amines) is 1. The molecule has 7 heteroatoms. The molecule has 0 radical (unpaired) electrons. The van der Waals surface area contributed by atoms with Crippen LogP contribution >= 0.6 is 0 Å². The minimum Gasteiger partial charge on any atom is -0.298 e. The van der Waals surface area contributed by atoms with E-state index in [0.29, 0.717) is 6.54 Å². The SMILES string of the molecule is CNS(=O)(=O)C1CCCN(Cc2ccc3cn[nH]c3c2)C1. The van der Waals surface area contributed by atoms with Crippen LogP contribution in [0.15, 0.2) is 24.4 Å². The Morgan fingerprint density at radius 3 is 3.14 bits per heavy atom. The number of fused-ring (bicyclic) bond motifs is 1. The number of rotatable bonds is 4. The third-order valence-corrected chi connectivity index (χ3v) is 5.93. The van der Waals surface area contributed by atoms with Crippen LogP contribution in [0, 0.1) is 0 Å². The van der Waals surface area contributed by atoms with Crippen molar-refractivity contribution < 1.29 is 8.42 Å². The van der Waals surface area contributed by atoms with Gasteiger partial charge in [0.05, 0.1) is 17.0 Å². The van der Waals surface area contributed by atoms with Gasteiger partial charge in [-0.2, -0.15) is 5.10 Å². The molecule has 1 unspecified atom stereocenters. The van der Waals surface area contributed by atoms with Crippen molar-refractivity contribution >= 4 is 20.9 Å². The molecule has 2 N–H and O–H groups in total. The Morgan fingerprint density at radius 2 is 2.33 bits per heavy atom. The topological polar surface area (TPSA) is 78.1 Å². The van der Waals surface area contributed by atoms with E-state index >= 15 is 0 Å². The van der Waals surface area contributed by atoms with E-state index in [2.05, 4.69) is 32.0 Å². The van der Waals surface area contributed by atoms with Gasteiger partial charge >= 0.3 is 0 Å². The Labute approximate surface area is 124 Å². The van der Waals surface area contributed by atoms with Crippen molar-refractivity contribution in [3.05, 3.63) is 30.0 Å². The number of aromatic amines is 1. The molecule has 0 aliphatic carbocycles. The summed E-state index contributed by atoms with van der Waals surface area (Å²) in [7, 11) is -1.69. The molecule has 21 heavy (non-hydrogen) atoms. The van der Waals surface area contributed by atoms with E-state index in [-0.39, 0.29) is 5.25 Å².